The summed E-state index contributed by atoms with van der Waals surface area (Å²) >= 11 is 5.77. The molecule has 2 aromatic rings. The van der Waals surface area contributed by atoms with Crippen molar-refractivity contribution in [3.63, 3.8) is 0 Å². The molecule has 7 nitrogen and oxygen atoms in total. The quantitative estimate of drug-likeness (QED) is 0.283. The average Bonchev–Trinajstić information content (AvgIpc) is 2.95. The standard InChI is InChI=1S/C15H21ClN6O.HI/c1-3-17-15(19-9-7-14-21-11(2)22-23-14)18-8-6-12-4-5-13(16)20-10-12;/h4-5,10H,3,6-9H2,1-2H3,(H2,17,18,19);1H. The van der Waals surface area contributed by atoms with Crippen molar-refractivity contribution < 1.29 is 4.52 Å². The molecule has 0 unspecified atom stereocenters. The van der Waals surface area contributed by atoms with Crippen molar-refractivity contribution in [3.05, 3.63) is 40.8 Å². The van der Waals surface area contributed by atoms with Crippen molar-refractivity contribution in [2.45, 2.75) is 26.7 Å². The zero-order chi connectivity index (χ0) is 16.5. The smallest absolute Gasteiger partial charge is 0.228 e. The first-order chi connectivity index (χ1) is 11.2. The van der Waals surface area contributed by atoms with Crippen LogP contribution in [-0.2, 0) is 12.8 Å². The molecule has 0 bridgehead atoms. The zero-order valence-corrected chi connectivity index (χ0v) is 16.8. The van der Waals surface area contributed by atoms with Gasteiger partial charge in [-0.05, 0) is 31.9 Å². The van der Waals surface area contributed by atoms with E-state index in [1.54, 1.807) is 19.2 Å². The van der Waals surface area contributed by atoms with Gasteiger partial charge in [-0.2, -0.15) is 4.98 Å². The lowest BCUT2D eigenvalue weighted by Gasteiger charge is -2.11. The Morgan fingerprint density at radius 1 is 1.29 bits per heavy atom. The van der Waals surface area contributed by atoms with E-state index in [9.17, 15) is 0 Å². The molecule has 2 N–H and O–H groups in total. The molecule has 0 aliphatic carbocycles. The Hall–Kier alpha value is -1.42. The minimum atomic E-state index is 0. The maximum Gasteiger partial charge on any atom is 0.228 e. The lowest BCUT2D eigenvalue weighted by molar-refractivity contribution is 0.376. The van der Waals surface area contributed by atoms with E-state index in [-0.39, 0.29) is 24.0 Å². The van der Waals surface area contributed by atoms with Crippen LogP contribution >= 0.6 is 35.6 Å². The van der Waals surface area contributed by atoms with Gasteiger partial charge in [-0.1, -0.05) is 22.8 Å². The minimum Gasteiger partial charge on any atom is -0.357 e. The molecule has 0 aliphatic heterocycles. The largest absolute Gasteiger partial charge is 0.357 e. The van der Waals surface area contributed by atoms with Crippen LogP contribution in [0.2, 0.25) is 5.15 Å². The van der Waals surface area contributed by atoms with Gasteiger partial charge in [0.1, 0.15) is 5.15 Å². The number of hydrogen-bond donors (Lipinski definition) is 2. The molecule has 0 atom stereocenters. The molecule has 0 aromatic carbocycles. The van der Waals surface area contributed by atoms with Gasteiger partial charge in [0.25, 0.3) is 0 Å². The van der Waals surface area contributed by atoms with E-state index >= 15 is 0 Å². The number of rotatable bonds is 7. The molecule has 9 heteroatoms. The Bertz CT molecular complexity index is 631. The molecule has 0 saturated heterocycles. The highest BCUT2D eigenvalue weighted by Crippen LogP contribution is 2.05. The highest BCUT2D eigenvalue weighted by atomic mass is 127. The van der Waals surface area contributed by atoms with Gasteiger partial charge in [-0.3, -0.25) is 4.99 Å². The fraction of sp³-hybridized carbons (Fsp3) is 0.467. The van der Waals surface area contributed by atoms with Crippen LogP contribution in [0.25, 0.3) is 0 Å². The SMILES string of the molecule is CCNC(=NCCc1nc(C)no1)NCCc1ccc(Cl)nc1.I. The second-order valence-electron chi connectivity index (χ2n) is 4.91. The van der Waals surface area contributed by atoms with Gasteiger partial charge in [0, 0.05) is 25.7 Å². The second kappa shape index (κ2) is 11.2. The van der Waals surface area contributed by atoms with E-state index < -0.39 is 0 Å². The Kier molecular flexibility index (Phi) is 9.62. The Morgan fingerprint density at radius 3 is 2.75 bits per heavy atom. The van der Waals surface area contributed by atoms with Gasteiger partial charge < -0.3 is 15.2 Å². The van der Waals surface area contributed by atoms with Gasteiger partial charge in [0.15, 0.2) is 11.8 Å². The molecule has 2 heterocycles. The first-order valence-corrected chi connectivity index (χ1v) is 7.97. The molecular formula is C15H22ClIN6O. The molecule has 0 spiro atoms. The second-order valence-corrected chi connectivity index (χ2v) is 5.30. The van der Waals surface area contributed by atoms with Crippen LogP contribution in [0.4, 0.5) is 0 Å². The predicted molar refractivity (Wildman–Crippen MR) is 105 cm³/mol. The van der Waals surface area contributed by atoms with Crippen LogP contribution in [0, 0.1) is 6.92 Å². The summed E-state index contributed by atoms with van der Waals surface area (Å²) in [5.74, 6) is 2.02. The van der Waals surface area contributed by atoms with Crippen molar-refractivity contribution in [1.29, 1.82) is 0 Å². The van der Waals surface area contributed by atoms with Crippen molar-refractivity contribution in [1.82, 2.24) is 25.8 Å². The van der Waals surface area contributed by atoms with E-state index in [0.29, 0.717) is 29.8 Å². The fourth-order valence-electron chi connectivity index (χ4n) is 1.93. The molecule has 0 aliphatic rings. The van der Waals surface area contributed by atoms with E-state index in [4.69, 9.17) is 16.1 Å². The van der Waals surface area contributed by atoms with Crippen molar-refractivity contribution in [2.75, 3.05) is 19.6 Å². The third-order valence-corrected chi connectivity index (χ3v) is 3.23. The van der Waals surface area contributed by atoms with Crippen molar-refractivity contribution in [3.8, 4) is 0 Å². The fourth-order valence-corrected chi connectivity index (χ4v) is 2.04. The first kappa shape index (κ1) is 20.6. The van der Waals surface area contributed by atoms with E-state index in [1.807, 2.05) is 13.0 Å². The van der Waals surface area contributed by atoms with E-state index in [1.165, 1.54) is 0 Å². The monoisotopic (exact) mass is 464 g/mol. The number of nitrogens with one attached hydrogen (secondary N) is 2. The van der Waals surface area contributed by atoms with Gasteiger partial charge >= 0.3 is 0 Å². The molecule has 0 saturated carbocycles. The van der Waals surface area contributed by atoms with Crippen LogP contribution in [0.3, 0.4) is 0 Å². The molecule has 0 amide bonds. The molecule has 2 rings (SSSR count). The molecule has 0 fully saturated rings. The third kappa shape index (κ3) is 7.43. The highest BCUT2D eigenvalue weighted by Gasteiger charge is 2.02. The van der Waals surface area contributed by atoms with Crippen molar-refractivity contribution in [2.24, 2.45) is 4.99 Å². The molecule has 2 aromatic heterocycles. The predicted octanol–water partition coefficient (Wildman–Crippen LogP) is 2.38. The lowest BCUT2D eigenvalue weighted by Crippen LogP contribution is -2.38. The molecule has 24 heavy (non-hydrogen) atoms. The summed E-state index contributed by atoms with van der Waals surface area (Å²) in [6, 6.07) is 3.77. The van der Waals surface area contributed by atoms with E-state index in [0.717, 1.165) is 31.0 Å². The number of aromatic nitrogens is 3. The Morgan fingerprint density at radius 2 is 2.12 bits per heavy atom. The number of aryl methyl sites for hydroxylation is 1. The number of aliphatic imine (C=N–C) groups is 1. The summed E-state index contributed by atoms with van der Waals surface area (Å²) in [6.45, 7) is 5.97. The highest BCUT2D eigenvalue weighted by molar-refractivity contribution is 14.0. The molecular weight excluding hydrogens is 443 g/mol. The van der Waals surface area contributed by atoms with Crippen LogP contribution in [0.5, 0.6) is 0 Å². The van der Waals surface area contributed by atoms with Gasteiger partial charge in [-0.25, -0.2) is 4.98 Å². The normalized spacial score (nSPS) is 11.0. The summed E-state index contributed by atoms with van der Waals surface area (Å²) in [5.41, 5.74) is 1.12. The first-order valence-electron chi connectivity index (χ1n) is 7.59. The third-order valence-electron chi connectivity index (χ3n) is 3.00. The number of halogens is 2. The molecule has 132 valence electrons. The maximum atomic E-state index is 5.77. The number of guanidine groups is 1. The summed E-state index contributed by atoms with van der Waals surface area (Å²) in [5, 5.41) is 10.8. The van der Waals surface area contributed by atoms with Gasteiger partial charge in [0.2, 0.25) is 5.89 Å². The van der Waals surface area contributed by atoms with Crippen LogP contribution < -0.4 is 10.6 Å². The lowest BCUT2D eigenvalue weighted by atomic mass is 10.2. The number of nitrogens with zero attached hydrogens (tertiary/aromatic N) is 4. The van der Waals surface area contributed by atoms with Crippen LogP contribution in [0.15, 0.2) is 27.8 Å². The Balaban J connectivity index is 0.00000288. The summed E-state index contributed by atoms with van der Waals surface area (Å²) in [6.07, 6.45) is 3.25. The minimum absolute atomic E-state index is 0. The van der Waals surface area contributed by atoms with E-state index in [2.05, 4.69) is 30.8 Å². The van der Waals surface area contributed by atoms with Crippen LogP contribution in [0.1, 0.15) is 24.2 Å². The molecule has 0 radical (unpaired) electrons. The summed E-state index contributed by atoms with van der Waals surface area (Å²) in [7, 11) is 0. The maximum absolute atomic E-state index is 5.77. The van der Waals surface area contributed by atoms with Gasteiger partial charge in [0.05, 0.1) is 6.54 Å². The Labute approximate surface area is 163 Å². The zero-order valence-electron chi connectivity index (χ0n) is 13.8. The average molecular weight is 465 g/mol. The number of pyridine rings is 1. The number of hydrogen-bond acceptors (Lipinski definition) is 5. The van der Waals surface area contributed by atoms with Crippen molar-refractivity contribution >= 4 is 41.5 Å². The summed E-state index contributed by atoms with van der Waals surface area (Å²) < 4.78 is 5.07. The topological polar surface area (TPSA) is 88.2 Å². The van der Waals surface area contributed by atoms with Crippen LogP contribution in [-0.4, -0.2) is 40.7 Å². The van der Waals surface area contributed by atoms with Gasteiger partial charge in [-0.15, -0.1) is 24.0 Å². The summed E-state index contributed by atoms with van der Waals surface area (Å²) in [4.78, 5) is 12.7.